The van der Waals surface area contributed by atoms with Crippen molar-refractivity contribution in [1.29, 1.82) is 0 Å². The third kappa shape index (κ3) is 5.63. The highest BCUT2D eigenvalue weighted by Gasteiger charge is 2.49. The maximum atomic E-state index is 14.2. The molecule has 1 saturated heterocycles. The summed E-state index contributed by atoms with van der Waals surface area (Å²) in [5.74, 6) is -5.20. The summed E-state index contributed by atoms with van der Waals surface area (Å²) in [6.45, 7) is 0.366. The number of nitrogens with zero attached hydrogens (tertiary/aromatic N) is 3. The molecule has 3 heterocycles. The molecule has 2 aromatic rings. The first kappa shape index (κ1) is 25.9. The predicted octanol–water partition coefficient (Wildman–Crippen LogP) is 4.21. The van der Waals surface area contributed by atoms with Crippen molar-refractivity contribution in [2.75, 3.05) is 19.7 Å². The number of amidine groups is 1. The summed E-state index contributed by atoms with van der Waals surface area (Å²) in [6, 6.07) is 0.954. The van der Waals surface area contributed by atoms with Crippen LogP contribution in [0.1, 0.15) is 30.0 Å². The Balaban J connectivity index is 1.82. The van der Waals surface area contributed by atoms with Crippen LogP contribution >= 0.6 is 22.9 Å². The number of rotatable bonds is 7. The van der Waals surface area contributed by atoms with Gasteiger partial charge in [0.15, 0.2) is 16.6 Å². The van der Waals surface area contributed by atoms with Crippen LogP contribution in [0.2, 0.25) is 5.02 Å². The highest BCUT2D eigenvalue weighted by molar-refractivity contribution is 7.11. The number of carboxylic acid groups (broad SMARTS) is 1. The molecule has 2 aliphatic rings. The van der Waals surface area contributed by atoms with Crippen LogP contribution in [0.3, 0.4) is 0 Å². The van der Waals surface area contributed by atoms with Gasteiger partial charge in [-0.1, -0.05) is 17.7 Å². The van der Waals surface area contributed by atoms with Crippen molar-refractivity contribution in [3.05, 3.63) is 62.6 Å². The number of halogens is 4. The fraction of sp³-hybridized carbons (Fsp3) is 0.364. The molecule has 0 amide bonds. The first-order valence-electron chi connectivity index (χ1n) is 10.7. The number of carboxylic acids is 1. The minimum atomic E-state index is -3.23. The smallest absolute Gasteiger partial charge is 0.480 e. The Hall–Kier alpha value is -3.16. The summed E-state index contributed by atoms with van der Waals surface area (Å²) >= 11 is 7.52. The third-order valence-corrected chi connectivity index (χ3v) is 6.54. The Morgan fingerprint density at radius 3 is 2.81 bits per heavy atom. The van der Waals surface area contributed by atoms with Gasteiger partial charge in [0, 0.05) is 35.1 Å². The largest absolute Gasteiger partial charge is 0.513 e. The predicted molar refractivity (Wildman–Crippen MR) is 124 cm³/mol. The molecule has 4 rings (SSSR count). The number of ether oxygens (including phenoxy) is 2. The van der Waals surface area contributed by atoms with Gasteiger partial charge in [-0.05, 0) is 19.1 Å². The summed E-state index contributed by atoms with van der Waals surface area (Å²) in [7, 11) is 0. The van der Waals surface area contributed by atoms with Crippen molar-refractivity contribution in [3.8, 4) is 0 Å². The van der Waals surface area contributed by atoms with Crippen molar-refractivity contribution >= 4 is 40.9 Å². The number of alkyl halides is 2. The van der Waals surface area contributed by atoms with Gasteiger partial charge in [-0.15, -0.1) is 11.3 Å². The number of hydrogen-bond donors (Lipinski definition) is 2. The van der Waals surface area contributed by atoms with Gasteiger partial charge in [0.1, 0.15) is 17.9 Å². The van der Waals surface area contributed by atoms with E-state index >= 15 is 0 Å². The van der Waals surface area contributed by atoms with Gasteiger partial charge in [-0.25, -0.2) is 27.9 Å². The fourth-order valence-corrected chi connectivity index (χ4v) is 4.80. The molecule has 2 N–H and O–H groups in total. The number of hydrogen-bond acceptors (Lipinski definition) is 9. The molecule has 0 saturated carbocycles. The van der Waals surface area contributed by atoms with Gasteiger partial charge >= 0.3 is 12.1 Å². The minimum absolute atomic E-state index is 0.0100. The van der Waals surface area contributed by atoms with Crippen molar-refractivity contribution in [3.63, 3.8) is 0 Å². The molecule has 14 heteroatoms. The summed E-state index contributed by atoms with van der Waals surface area (Å²) in [4.78, 5) is 33.8. The molecule has 0 unspecified atom stereocenters. The summed E-state index contributed by atoms with van der Waals surface area (Å²) in [6.07, 6.45) is -0.436. The minimum Gasteiger partial charge on any atom is -0.480 e. The quantitative estimate of drug-likeness (QED) is 0.499. The van der Waals surface area contributed by atoms with Gasteiger partial charge < -0.3 is 19.9 Å². The molecule has 192 valence electrons. The number of aromatic nitrogens is 1. The highest BCUT2D eigenvalue weighted by atomic mass is 35.5. The standard InChI is InChI=1S/C22H20ClF3N4O5S/c1-2-34-21(33)35-17-14(9-30-10-22(25,26)8-15(30)20(31)32)28-18(19-27-5-6-36-19)29-16(17)12-4-3-11(24)7-13(12)23/h3-7,15-16H,2,8-10H2,1H3,(H,28,29)(H,31,32)/t15-,16+/m0/s1. The summed E-state index contributed by atoms with van der Waals surface area (Å²) < 4.78 is 52.4. The van der Waals surface area contributed by atoms with Crippen molar-refractivity contribution in [1.82, 2.24) is 15.2 Å². The van der Waals surface area contributed by atoms with E-state index in [0.717, 1.165) is 17.0 Å². The van der Waals surface area contributed by atoms with Crippen molar-refractivity contribution < 1.29 is 37.3 Å². The molecule has 0 aliphatic carbocycles. The lowest BCUT2D eigenvalue weighted by Crippen LogP contribution is -2.43. The molecular formula is C22H20ClF3N4O5S. The lowest BCUT2D eigenvalue weighted by molar-refractivity contribution is -0.142. The second-order valence-corrected chi connectivity index (χ2v) is 9.26. The fourth-order valence-electron chi connectivity index (χ4n) is 3.94. The first-order valence-corrected chi connectivity index (χ1v) is 12.0. The van der Waals surface area contributed by atoms with Crippen LogP contribution in [0.5, 0.6) is 0 Å². The molecule has 0 bridgehead atoms. The molecule has 1 fully saturated rings. The number of likely N-dealkylation sites (tertiary alicyclic amines) is 1. The number of aliphatic imine (C=N–C) groups is 1. The molecule has 2 atom stereocenters. The van der Waals surface area contributed by atoms with Gasteiger partial charge in [0.05, 0.1) is 18.8 Å². The molecule has 0 radical (unpaired) electrons. The zero-order chi connectivity index (χ0) is 26.0. The normalized spacial score (nSPS) is 21.6. The Bertz CT molecular complexity index is 1220. The highest BCUT2D eigenvalue weighted by Crippen LogP contribution is 2.38. The van der Waals surface area contributed by atoms with Crippen LogP contribution in [0, 0.1) is 5.82 Å². The van der Waals surface area contributed by atoms with E-state index in [1.54, 1.807) is 12.3 Å². The average Bonchev–Trinajstić information content (AvgIpc) is 3.43. The van der Waals surface area contributed by atoms with E-state index in [0.29, 0.717) is 5.01 Å². The number of carbonyl (C=O) groups is 2. The molecule has 1 aromatic heterocycles. The van der Waals surface area contributed by atoms with Gasteiger partial charge in [-0.2, -0.15) is 0 Å². The number of benzene rings is 1. The van der Waals surface area contributed by atoms with E-state index < -0.39 is 48.9 Å². The number of nitrogens with one attached hydrogen (secondary N) is 1. The van der Waals surface area contributed by atoms with Crippen LogP contribution in [-0.2, 0) is 14.3 Å². The molecule has 36 heavy (non-hydrogen) atoms. The van der Waals surface area contributed by atoms with E-state index in [2.05, 4.69) is 15.3 Å². The Morgan fingerprint density at radius 1 is 1.39 bits per heavy atom. The van der Waals surface area contributed by atoms with Crippen molar-refractivity contribution in [2.24, 2.45) is 4.99 Å². The summed E-state index contributed by atoms with van der Waals surface area (Å²) in [5.41, 5.74) is 0.338. The zero-order valence-electron chi connectivity index (χ0n) is 18.7. The van der Waals surface area contributed by atoms with Gasteiger partial charge in [0.25, 0.3) is 5.92 Å². The van der Waals surface area contributed by atoms with Crippen LogP contribution in [0.15, 0.2) is 46.2 Å². The second-order valence-electron chi connectivity index (χ2n) is 7.96. The lowest BCUT2D eigenvalue weighted by Gasteiger charge is -2.30. The van der Waals surface area contributed by atoms with E-state index in [-0.39, 0.29) is 41.0 Å². The molecular weight excluding hydrogens is 525 g/mol. The van der Waals surface area contributed by atoms with E-state index in [1.807, 2.05) is 0 Å². The maximum Gasteiger partial charge on any atom is 0.513 e. The van der Waals surface area contributed by atoms with E-state index in [1.165, 1.54) is 23.6 Å². The Labute approximate surface area is 212 Å². The van der Waals surface area contributed by atoms with Crippen molar-refractivity contribution in [2.45, 2.75) is 31.4 Å². The monoisotopic (exact) mass is 544 g/mol. The van der Waals surface area contributed by atoms with E-state index in [9.17, 15) is 27.9 Å². The Morgan fingerprint density at radius 2 is 2.17 bits per heavy atom. The number of carbonyl (C=O) groups excluding carboxylic acids is 1. The SMILES string of the molecule is CCOC(=O)OC1=C(CN2CC(F)(F)C[C@H]2C(=O)O)NC(c2nccs2)=N[C@@H]1c1ccc(F)cc1Cl. The topological polar surface area (TPSA) is 113 Å². The zero-order valence-corrected chi connectivity index (χ0v) is 20.3. The van der Waals surface area contributed by atoms with Crippen LogP contribution in [0.4, 0.5) is 18.0 Å². The first-order chi connectivity index (χ1) is 17.1. The van der Waals surface area contributed by atoms with Crippen LogP contribution in [-0.4, -0.2) is 64.6 Å². The van der Waals surface area contributed by atoms with Crippen LogP contribution < -0.4 is 5.32 Å². The van der Waals surface area contributed by atoms with E-state index in [4.69, 9.17) is 21.1 Å². The molecule has 2 aliphatic heterocycles. The van der Waals surface area contributed by atoms with Gasteiger partial charge in [-0.3, -0.25) is 9.69 Å². The second kappa shape index (κ2) is 10.4. The number of thiazole rings is 1. The Kier molecular flexibility index (Phi) is 7.52. The number of aliphatic carboxylic acids is 1. The molecule has 9 nitrogen and oxygen atoms in total. The maximum absolute atomic E-state index is 14.2. The third-order valence-electron chi connectivity index (χ3n) is 5.43. The van der Waals surface area contributed by atoms with Gasteiger partial charge in [0.2, 0.25) is 0 Å². The molecule has 1 aromatic carbocycles. The average molecular weight is 545 g/mol. The summed E-state index contributed by atoms with van der Waals surface area (Å²) in [5, 5.41) is 14.6. The van der Waals surface area contributed by atoms with Crippen LogP contribution in [0.25, 0.3) is 0 Å². The molecule has 0 spiro atoms. The lowest BCUT2D eigenvalue weighted by atomic mass is 10.0.